The highest BCUT2D eigenvalue weighted by Crippen LogP contribution is 2.27. The molecule has 2 aromatic rings. The minimum absolute atomic E-state index is 0.194. The van der Waals surface area contributed by atoms with Crippen LogP contribution < -0.4 is 0 Å². The molecule has 0 N–H and O–H groups in total. The van der Waals surface area contributed by atoms with Crippen molar-refractivity contribution in [3.63, 3.8) is 0 Å². The molecule has 0 radical (unpaired) electrons. The van der Waals surface area contributed by atoms with Crippen LogP contribution in [0.4, 0.5) is 0 Å². The zero-order valence-corrected chi connectivity index (χ0v) is 13.1. The topological polar surface area (TPSA) is 37.4 Å². The van der Waals surface area contributed by atoms with Crippen LogP contribution in [0.3, 0.4) is 0 Å². The fourth-order valence-electron chi connectivity index (χ4n) is 2.68. The van der Waals surface area contributed by atoms with Crippen molar-refractivity contribution in [3.05, 3.63) is 65.2 Å². The maximum absolute atomic E-state index is 12.8. The van der Waals surface area contributed by atoms with E-state index in [2.05, 4.69) is 6.07 Å². The summed E-state index contributed by atoms with van der Waals surface area (Å²) in [7, 11) is -3.50. The van der Waals surface area contributed by atoms with Crippen LogP contribution in [0.2, 0.25) is 0 Å². The standard InChI is InChI=1S/C16H16ClNO2S/c17-11-14-6-3-4-8-16(14)21(19,20)18-10-9-13-5-1-2-7-15(13)12-18/h1-8H,9-12H2. The van der Waals surface area contributed by atoms with Gasteiger partial charge in [0, 0.05) is 19.0 Å². The molecule has 0 unspecified atom stereocenters. The largest absolute Gasteiger partial charge is 0.243 e. The summed E-state index contributed by atoms with van der Waals surface area (Å²) in [4.78, 5) is 0.319. The monoisotopic (exact) mass is 321 g/mol. The number of sulfonamides is 1. The minimum Gasteiger partial charge on any atom is -0.207 e. The Balaban J connectivity index is 1.97. The molecule has 0 bridgehead atoms. The quantitative estimate of drug-likeness (QED) is 0.814. The Morgan fingerprint density at radius 2 is 1.67 bits per heavy atom. The zero-order valence-electron chi connectivity index (χ0n) is 11.5. The number of halogens is 1. The third-order valence-electron chi connectivity index (χ3n) is 3.83. The third-order valence-corrected chi connectivity index (χ3v) is 6.06. The van der Waals surface area contributed by atoms with Gasteiger partial charge in [-0.25, -0.2) is 8.42 Å². The van der Waals surface area contributed by atoms with Gasteiger partial charge in [-0.1, -0.05) is 42.5 Å². The van der Waals surface area contributed by atoms with Crippen molar-refractivity contribution in [2.45, 2.75) is 23.7 Å². The summed E-state index contributed by atoms with van der Waals surface area (Å²) in [6.07, 6.45) is 0.748. The fraction of sp³-hybridized carbons (Fsp3) is 0.250. The normalized spacial score (nSPS) is 15.7. The molecule has 5 heteroatoms. The Morgan fingerprint density at radius 1 is 1.00 bits per heavy atom. The zero-order chi connectivity index (χ0) is 14.9. The van der Waals surface area contributed by atoms with E-state index in [1.807, 2.05) is 24.3 Å². The summed E-state index contributed by atoms with van der Waals surface area (Å²) in [5.41, 5.74) is 2.96. The smallest absolute Gasteiger partial charge is 0.207 e. The molecular weight excluding hydrogens is 306 g/mol. The van der Waals surface area contributed by atoms with Gasteiger partial charge in [0.2, 0.25) is 10.0 Å². The van der Waals surface area contributed by atoms with Gasteiger partial charge in [-0.3, -0.25) is 0 Å². The maximum Gasteiger partial charge on any atom is 0.243 e. The summed E-state index contributed by atoms with van der Waals surface area (Å²) < 4.78 is 27.2. The second kappa shape index (κ2) is 5.79. The molecule has 3 rings (SSSR count). The summed E-state index contributed by atoms with van der Waals surface area (Å²) in [5.74, 6) is 0.194. The highest BCUT2D eigenvalue weighted by molar-refractivity contribution is 7.89. The van der Waals surface area contributed by atoms with Crippen LogP contribution in [0.15, 0.2) is 53.4 Å². The van der Waals surface area contributed by atoms with Crippen molar-refractivity contribution in [2.75, 3.05) is 6.54 Å². The summed E-state index contributed by atoms with van der Waals surface area (Å²) in [5, 5.41) is 0. The van der Waals surface area contributed by atoms with Crippen molar-refractivity contribution in [1.82, 2.24) is 4.31 Å². The predicted octanol–water partition coefficient (Wildman–Crippen LogP) is 3.17. The van der Waals surface area contributed by atoms with E-state index in [1.165, 1.54) is 5.56 Å². The number of fused-ring (bicyclic) bond motifs is 1. The molecule has 0 aromatic heterocycles. The molecule has 110 valence electrons. The molecule has 0 saturated carbocycles. The van der Waals surface area contributed by atoms with E-state index in [4.69, 9.17) is 11.6 Å². The molecule has 3 nitrogen and oxygen atoms in total. The second-order valence-corrected chi connectivity index (χ2v) is 7.27. The van der Waals surface area contributed by atoms with Crippen molar-refractivity contribution < 1.29 is 8.42 Å². The summed E-state index contributed by atoms with van der Waals surface area (Å²) >= 11 is 5.88. The van der Waals surface area contributed by atoms with Gasteiger partial charge in [0.05, 0.1) is 4.90 Å². The Hall–Kier alpha value is -1.36. The maximum atomic E-state index is 12.8. The van der Waals surface area contributed by atoms with E-state index in [-0.39, 0.29) is 5.88 Å². The fourth-order valence-corrected chi connectivity index (χ4v) is 4.63. The number of rotatable bonds is 3. The molecule has 1 aliphatic heterocycles. The van der Waals surface area contributed by atoms with Gasteiger partial charge in [0.25, 0.3) is 0 Å². The van der Waals surface area contributed by atoms with E-state index in [0.717, 1.165) is 12.0 Å². The van der Waals surface area contributed by atoms with Gasteiger partial charge in [0.1, 0.15) is 0 Å². The van der Waals surface area contributed by atoms with Crippen molar-refractivity contribution >= 4 is 21.6 Å². The highest BCUT2D eigenvalue weighted by Gasteiger charge is 2.29. The lowest BCUT2D eigenvalue weighted by Crippen LogP contribution is -2.36. The third kappa shape index (κ3) is 2.71. The van der Waals surface area contributed by atoms with E-state index >= 15 is 0 Å². The Labute approximate surface area is 130 Å². The molecule has 0 fully saturated rings. The first-order valence-corrected chi connectivity index (χ1v) is 8.81. The number of benzene rings is 2. The van der Waals surface area contributed by atoms with E-state index in [0.29, 0.717) is 23.5 Å². The first-order chi connectivity index (χ1) is 10.1. The lowest BCUT2D eigenvalue weighted by atomic mass is 10.0. The van der Waals surface area contributed by atoms with Crippen LogP contribution in [0.1, 0.15) is 16.7 Å². The van der Waals surface area contributed by atoms with Gasteiger partial charge in [0.15, 0.2) is 0 Å². The Morgan fingerprint density at radius 3 is 2.43 bits per heavy atom. The SMILES string of the molecule is O=S(=O)(c1ccccc1CCl)N1CCc2ccccc2C1. The number of hydrogen-bond acceptors (Lipinski definition) is 2. The molecule has 1 aliphatic rings. The first-order valence-electron chi connectivity index (χ1n) is 6.84. The van der Waals surface area contributed by atoms with Gasteiger partial charge >= 0.3 is 0 Å². The van der Waals surface area contributed by atoms with Crippen LogP contribution in [-0.2, 0) is 28.9 Å². The molecule has 0 aliphatic carbocycles. The summed E-state index contributed by atoms with van der Waals surface area (Å²) in [6.45, 7) is 0.936. The van der Waals surface area contributed by atoms with E-state index in [9.17, 15) is 8.42 Å². The van der Waals surface area contributed by atoms with Gasteiger partial charge < -0.3 is 0 Å². The molecule has 0 amide bonds. The lowest BCUT2D eigenvalue weighted by Gasteiger charge is -2.28. The van der Waals surface area contributed by atoms with Crippen molar-refractivity contribution in [2.24, 2.45) is 0 Å². The minimum atomic E-state index is -3.50. The molecule has 0 saturated heterocycles. The molecule has 1 heterocycles. The van der Waals surface area contributed by atoms with Gasteiger partial charge in [-0.2, -0.15) is 4.31 Å². The van der Waals surface area contributed by atoms with Crippen molar-refractivity contribution in [3.8, 4) is 0 Å². The van der Waals surface area contributed by atoms with Crippen LogP contribution in [0.5, 0.6) is 0 Å². The highest BCUT2D eigenvalue weighted by atomic mass is 35.5. The van der Waals surface area contributed by atoms with Crippen molar-refractivity contribution in [1.29, 1.82) is 0 Å². The molecule has 0 spiro atoms. The Bertz CT molecular complexity index is 758. The van der Waals surface area contributed by atoms with Crippen LogP contribution in [0, 0.1) is 0 Å². The number of nitrogens with zero attached hydrogens (tertiary/aromatic N) is 1. The average molecular weight is 322 g/mol. The molecule has 0 atom stereocenters. The number of hydrogen-bond donors (Lipinski definition) is 0. The first kappa shape index (κ1) is 14.6. The number of alkyl halides is 1. The lowest BCUT2D eigenvalue weighted by molar-refractivity contribution is 0.391. The molecular formula is C16H16ClNO2S. The molecule has 2 aromatic carbocycles. The summed E-state index contributed by atoms with van der Waals surface area (Å²) in [6, 6.07) is 14.9. The average Bonchev–Trinajstić information content (AvgIpc) is 2.54. The van der Waals surface area contributed by atoms with Gasteiger partial charge in [-0.05, 0) is 29.2 Å². The van der Waals surface area contributed by atoms with E-state index < -0.39 is 10.0 Å². The predicted molar refractivity (Wildman–Crippen MR) is 83.7 cm³/mol. The van der Waals surface area contributed by atoms with Crippen LogP contribution >= 0.6 is 11.6 Å². The second-order valence-electron chi connectivity index (χ2n) is 5.10. The Kier molecular flexibility index (Phi) is 4.02. The van der Waals surface area contributed by atoms with Gasteiger partial charge in [-0.15, -0.1) is 11.6 Å². The van der Waals surface area contributed by atoms with E-state index in [1.54, 1.807) is 22.5 Å². The van der Waals surface area contributed by atoms with Crippen LogP contribution in [-0.4, -0.2) is 19.3 Å². The van der Waals surface area contributed by atoms with Crippen LogP contribution in [0.25, 0.3) is 0 Å². The molecule has 21 heavy (non-hydrogen) atoms.